The molecular formula is C15H21F2NO2. The quantitative estimate of drug-likeness (QED) is 0.922. The topological polar surface area (TPSA) is 32.7 Å². The molecule has 1 aliphatic rings. The van der Waals surface area contributed by atoms with E-state index in [4.69, 9.17) is 4.74 Å². The first-order valence-corrected chi connectivity index (χ1v) is 6.82. The maximum atomic E-state index is 13.0. The number of halogens is 2. The first-order valence-electron chi connectivity index (χ1n) is 6.82. The third kappa shape index (κ3) is 3.46. The van der Waals surface area contributed by atoms with E-state index in [2.05, 4.69) is 0 Å². The first-order chi connectivity index (χ1) is 9.51. The van der Waals surface area contributed by atoms with E-state index < -0.39 is 18.4 Å². The van der Waals surface area contributed by atoms with Gasteiger partial charge in [-0.05, 0) is 23.6 Å². The van der Waals surface area contributed by atoms with E-state index >= 15 is 0 Å². The Morgan fingerprint density at radius 1 is 1.40 bits per heavy atom. The molecule has 20 heavy (non-hydrogen) atoms. The van der Waals surface area contributed by atoms with Gasteiger partial charge in [0, 0.05) is 19.6 Å². The van der Waals surface area contributed by atoms with Crippen LogP contribution in [0.1, 0.15) is 12.5 Å². The molecule has 0 radical (unpaired) electrons. The van der Waals surface area contributed by atoms with Crippen LogP contribution in [0.2, 0.25) is 0 Å². The number of rotatable bonds is 4. The van der Waals surface area contributed by atoms with Crippen LogP contribution in [0.15, 0.2) is 24.3 Å². The van der Waals surface area contributed by atoms with Gasteiger partial charge in [-0.2, -0.15) is 0 Å². The molecule has 0 saturated carbocycles. The number of aliphatic hydroxyl groups is 1. The molecule has 0 amide bonds. The van der Waals surface area contributed by atoms with Crippen molar-refractivity contribution in [2.24, 2.45) is 11.8 Å². The van der Waals surface area contributed by atoms with Crippen LogP contribution in [-0.2, 0) is 6.54 Å². The number of alkyl halides is 2. The molecule has 1 N–H and O–H groups in total. The van der Waals surface area contributed by atoms with Crippen LogP contribution in [-0.4, -0.2) is 42.7 Å². The van der Waals surface area contributed by atoms with Gasteiger partial charge >= 0.3 is 0 Å². The zero-order valence-electron chi connectivity index (χ0n) is 11.8. The van der Waals surface area contributed by atoms with Crippen molar-refractivity contribution in [2.75, 3.05) is 20.2 Å². The summed E-state index contributed by atoms with van der Waals surface area (Å²) in [6, 6.07) is 7.61. The van der Waals surface area contributed by atoms with Crippen molar-refractivity contribution >= 4 is 0 Å². The van der Waals surface area contributed by atoms with Crippen molar-refractivity contribution in [1.29, 1.82) is 0 Å². The van der Waals surface area contributed by atoms with Crippen molar-refractivity contribution in [1.82, 2.24) is 4.90 Å². The molecule has 3 atom stereocenters. The van der Waals surface area contributed by atoms with Crippen LogP contribution in [0.25, 0.3) is 0 Å². The maximum Gasteiger partial charge on any atom is 0.245 e. The van der Waals surface area contributed by atoms with Crippen molar-refractivity contribution in [3.05, 3.63) is 29.8 Å². The molecule has 0 aliphatic carbocycles. The highest BCUT2D eigenvalue weighted by molar-refractivity contribution is 5.28. The summed E-state index contributed by atoms with van der Waals surface area (Å²) in [5.41, 5.74) is 1.03. The molecule has 2 rings (SSSR count). The summed E-state index contributed by atoms with van der Waals surface area (Å²) in [7, 11) is 1.60. The second-order valence-corrected chi connectivity index (χ2v) is 5.51. The summed E-state index contributed by atoms with van der Waals surface area (Å²) >= 11 is 0. The number of ether oxygens (including phenoxy) is 1. The zero-order valence-corrected chi connectivity index (χ0v) is 11.8. The summed E-state index contributed by atoms with van der Waals surface area (Å²) in [5.74, 6) is -0.351. The predicted octanol–water partition coefficient (Wildman–Crippen LogP) is 2.39. The number of hydrogen-bond donors (Lipinski definition) is 1. The number of hydrogen-bond acceptors (Lipinski definition) is 3. The summed E-state index contributed by atoms with van der Waals surface area (Å²) in [6.45, 7) is 3.26. The van der Waals surface area contributed by atoms with E-state index in [1.807, 2.05) is 36.1 Å². The molecular weight excluding hydrogens is 264 g/mol. The molecule has 0 bridgehead atoms. The monoisotopic (exact) mass is 285 g/mol. The molecule has 1 heterocycles. The SMILES string of the molecule is COc1cccc(CN2C[C@@H](C)[C@H](O)[C@@H](C(F)F)C2)c1. The molecule has 0 aromatic heterocycles. The van der Waals surface area contributed by atoms with Gasteiger partial charge in [0.15, 0.2) is 0 Å². The molecule has 0 unspecified atom stereocenters. The Hall–Kier alpha value is -1.20. The molecule has 5 heteroatoms. The van der Waals surface area contributed by atoms with Gasteiger partial charge in [0.2, 0.25) is 6.43 Å². The Kier molecular flexibility index (Phi) is 4.94. The van der Waals surface area contributed by atoms with E-state index in [-0.39, 0.29) is 12.5 Å². The molecule has 1 aliphatic heterocycles. The Bertz CT molecular complexity index is 442. The lowest BCUT2D eigenvalue weighted by molar-refractivity contribution is -0.0818. The predicted molar refractivity (Wildman–Crippen MR) is 72.9 cm³/mol. The second kappa shape index (κ2) is 6.50. The number of aliphatic hydroxyl groups excluding tert-OH is 1. The summed E-state index contributed by atoms with van der Waals surface area (Å²) in [5, 5.41) is 9.85. The second-order valence-electron chi connectivity index (χ2n) is 5.51. The Labute approximate surface area is 118 Å². The van der Waals surface area contributed by atoms with E-state index in [0.29, 0.717) is 13.1 Å². The van der Waals surface area contributed by atoms with Gasteiger partial charge in [0.05, 0.1) is 19.1 Å². The Morgan fingerprint density at radius 3 is 2.80 bits per heavy atom. The van der Waals surface area contributed by atoms with Crippen molar-refractivity contribution < 1.29 is 18.6 Å². The van der Waals surface area contributed by atoms with Gasteiger partial charge in [0.1, 0.15) is 5.75 Å². The number of benzene rings is 1. The molecule has 1 aromatic rings. The lowest BCUT2D eigenvalue weighted by Gasteiger charge is -2.39. The fourth-order valence-electron chi connectivity index (χ4n) is 2.80. The zero-order chi connectivity index (χ0) is 14.7. The maximum absolute atomic E-state index is 13.0. The number of nitrogens with zero attached hydrogens (tertiary/aromatic N) is 1. The normalized spacial score (nSPS) is 27.8. The van der Waals surface area contributed by atoms with Crippen LogP contribution in [0, 0.1) is 11.8 Å². The van der Waals surface area contributed by atoms with Gasteiger partial charge in [-0.15, -0.1) is 0 Å². The van der Waals surface area contributed by atoms with Gasteiger partial charge in [-0.3, -0.25) is 4.90 Å². The fourth-order valence-corrected chi connectivity index (χ4v) is 2.80. The Balaban J connectivity index is 2.05. The number of methoxy groups -OCH3 is 1. The van der Waals surface area contributed by atoms with Crippen molar-refractivity contribution in [3.8, 4) is 5.75 Å². The van der Waals surface area contributed by atoms with E-state index in [1.54, 1.807) is 7.11 Å². The summed E-state index contributed by atoms with van der Waals surface area (Å²) in [4.78, 5) is 1.98. The van der Waals surface area contributed by atoms with Crippen LogP contribution in [0.5, 0.6) is 5.75 Å². The minimum absolute atomic E-state index is 0.145. The highest BCUT2D eigenvalue weighted by atomic mass is 19.3. The average molecular weight is 285 g/mol. The highest BCUT2D eigenvalue weighted by Gasteiger charge is 2.38. The lowest BCUT2D eigenvalue weighted by atomic mass is 9.87. The van der Waals surface area contributed by atoms with Crippen LogP contribution >= 0.6 is 0 Å². The molecule has 1 saturated heterocycles. The fraction of sp³-hybridized carbons (Fsp3) is 0.600. The third-order valence-corrected chi connectivity index (χ3v) is 3.90. The van der Waals surface area contributed by atoms with Crippen molar-refractivity contribution in [2.45, 2.75) is 26.0 Å². The molecule has 0 spiro atoms. The molecule has 1 aromatic carbocycles. The summed E-state index contributed by atoms with van der Waals surface area (Å²) < 4.78 is 31.1. The molecule has 1 fully saturated rings. The molecule has 112 valence electrons. The minimum Gasteiger partial charge on any atom is -0.497 e. The largest absolute Gasteiger partial charge is 0.497 e. The molecule has 3 nitrogen and oxygen atoms in total. The smallest absolute Gasteiger partial charge is 0.245 e. The number of likely N-dealkylation sites (tertiary alicyclic amines) is 1. The van der Waals surface area contributed by atoms with Gasteiger partial charge < -0.3 is 9.84 Å². The lowest BCUT2D eigenvalue weighted by Crippen LogP contribution is -2.50. The van der Waals surface area contributed by atoms with Gasteiger partial charge in [-0.25, -0.2) is 8.78 Å². The van der Waals surface area contributed by atoms with E-state index in [0.717, 1.165) is 11.3 Å². The minimum atomic E-state index is -2.49. The van der Waals surface area contributed by atoms with E-state index in [9.17, 15) is 13.9 Å². The van der Waals surface area contributed by atoms with Crippen molar-refractivity contribution in [3.63, 3.8) is 0 Å². The standard InChI is InChI=1S/C15H21F2NO2/c1-10-7-18(9-13(14(10)19)15(16)17)8-11-4-3-5-12(6-11)20-2/h3-6,10,13-15,19H,7-9H2,1-2H3/t10-,13+,14+/m1/s1. The van der Waals surface area contributed by atoms with Crippen LogP contribution < -0.4 is 4.74 Å². The van der Waals surface area contributed by atoms with Gasteiger partial charge in [0.25, 0.3) is 0 Å². The van der Waals surface area contributed by atoms with Crippen LogP contribution in [0.4, 0.5) is 8.78 Å². The summed E-state index contributed by atoms with van der Waals surface area (Å²) in [6.07, 6.45) is -3.41. The Morgan fingerprint density at radius 2 is 2.15 bits per heavy atom. The highest BCUT2D eigenvalue weighted by Crippen LogP contribution is 2.28. The van der Waals surface area contributed by atoms with E-state index in [1.165, 1.54) is 0 Å². The third-order valence-electron chi connectivity index (χ3n) is 3.90. The first kappa shape index (κ1) is 15.2. The number of piperidine rings is 1. The van der Waals surface area contributed by atoms with Crippen LogP contribution in [0.3, 0.4) is 0 Å². The average Bonchev–Trinajstić information content (AvgIpc) is 2.42. The van der Waals surface area contributed by atoms with Gasteiger partial charge in [-0.1, -0.05) is 19.1 Å².